The van der Waals surface area contributed by atoms with E-state index in [0.29, 0.717) is 18.3 Å². The summed E-state index contributed by atoms with van der Waals surface area (Å²) in [5, 5.41) is 16.2. The van der Waals surface area contributed by atoms with Gasteiger partial charge in [0.05, 0.1) is 18.3 Å². The van der Waals surface area contributed by atoms with E-state index in [9.17, 15) is 5.11 Å². The van der Waals surface area contributed by atoms with Crippen LogP contribution in [-0.4, -0.2) is 37.7 Å². The van der Waals surface area contributed by atoms with Crippen LogP contribution in [0.3, 0.4) is 0 Å². The van der Waals surface area contributed by atoms with Gasteiger partial charge in [-0.2, -0.15) is 4.98 Å². The van der Waals surface area contributed by atoms with E-state index in [1.54, 1.807) is 18.6 Å². The van der Waals surface area contributed by atoms with E-state index >= 15 is 0 Å². The fourth-order valence-electron chi connectivity index (χ4n) is 2.55. The number of aliphatic hydroxyl groups is 1. The first-order chi connectivity index (χ1) is 13.2. The van der Waals surface area contributed by atoms with E-state index in [1.807, 2.05) is 50.4 Å². The Kier molecular flexibility index (Phi) is 6.27. The van der Waals surface area contributed by atoms with E-state index in [4.69, 9.17) is 0 Å². The van der Waals surface area contributed by atoms with Gasteiger partial charge in [0.1, 0.15) is 5.82 Å². The van der Waals surface area contributed by atoms with Crippen LogP contribution in [0.1, 0.15) is 19.4 Å². The third-order valence-corrected chi connectivity index (χ3v) is 4.20. The monoisotopic (exact) mass is 364 g/mol. The largest absolute Gasteiger partial charge is 0.394 e. The Labute approximate surface area is 159 Å². The highest BCUT2D eigenvalue weighted by Gasteiger charge is 2.15. The summed E-state index contributed by atoms with van der Waals surface area (Å²) >= 11 is 0. The number of hydrogen-bond donors (Lipinski definition) is 3. The molecule has 3 aromatic rings. The second kappa shape index (κ2) is 9.05. The summed E-state index contributed by atoms with van der Waals surface area (Å²) in [5.41, 5.74) is 2.72. The van der Waals surface area contributed by atoms with Crippen LogP contribution in [0.25, 0.3) is 11.3 Å². The van der Waals surface area contributed by atoms with Gasteiger partial charge in [0.25, 0.3) is 0 Å². The highest BCUT2D eigenvalue weighted by atomic mass is 16.3. The summed E-state index contributed by atoms with van der Waals surface area (Å²) in [5.74, 6) is 1.40. The topological polar surface area (TPSA) is 95.8 Å². The first-order valence-electron chi connectivity index (χ1n) is 8.95. The lowest BCUT2D eigenvalue weighted by molar-refractivity contribution is 0.248. The van der Waals surface area contributed by atoms with E-state index in [0.717, 1.165) is 16.8 Å². The smallest absolute Gasteiger partial charge is 0.225 e. The molecule has 0 spiro atoms. The van der Waals surface area contributed by atoms with E-state index in [2.05, 4.69) is 30.6 Å². The molecule has 7 nitrogen and oxygen atoms in total. The predicted molar refractivity (Wildman–Crippen MR) is 106 cm³/mol. The molecule has 0 aromatic carbocycles. The molecule has 0 aliphatic carbocycles. The number of anilines is 2. The van der Waals surface area contributed by atoms with Gasteiger partial charge < -0.3 is 15.7 Å². The third kappa shape index (κ3) is 5.21. The van der Waals surface area contributed by atoms with Crippen molar-refractivity contribution >= 4 is 11.8 Å². The molecule has 0 fully saturated rings. The number of nitrogens with zero attached hydrogens (tertiary/aromatic N) is 4. The SMILES string of the molecule is CC(C)[C@H](CO)Nc1nc(NCc2cccnc2)cc(-c2cccnc2)n1. The van der Waals surface area contributed by atoms with Gasteiger partial charge in [0.2, 0.25) is 5.95 Å². The van der Waals surface area contributed by atoms with Crippen LogP contribution >= 0.6 is 0 Å². The van der Waals surface area contributed by atoms with E-state index in [-0.39, 0.29) is 18.6 Å². The molecule has 0 aliphatic rings. The molecule has 0 aliphatic heterocycles. The number of nitrogens with one attached hydrogen (secondary N) is 2. The maximum absolute atomic E-state index is 9.61. The molecule has 7 heteroatoms. The van der Waals surface area contributed by atoms with Crippen molar-refractivity contribution in [2.75, 3.05) is 17.2 Å². The summed E-state index contributed by atoms with van der Waals surface area (Å²) in [6.07, 6.45) is 7.06. The molecule has 0 unspecified atom stereocenters. The molecule has 27 heavy (non-hydrogen) atoms. The van der Waals surface area contributed by atoms with Crippen molar-refractivity contribution < 1.29 is 5.11 Å². The van der Waals surface area contributed by atoms with Crippen molar-refractivity contribution in [3.05, 3.63) is 60.7 Å². The Hall–Kier alpha value is -3.06. The summed E-state index contributed by atoms with van der Waals surface area (Å²) in [6.45, 7) is 4.70. The number of rotatable bonds is 8. The molecule has 0 saturated carbocycles. The van der Waals surface area contributed by atoms with Gasteiger partial charge in [-0.05, 0) is 29.7 Å². The number of hydrogen-bond acceptors (Lipinski definition) is 7. The highest BCUT2D eigenvalue weighted by molar-refractivity contribution is 5.63. The quantitative estimate of drug-likeness (QED) is 0.565. The molecular weight excluding hydrogens is 340 g/mol. The average molecular weight is 364 g/mol. The fourth-order valence-corrected chi connectivity index (χ4v) is 2.55. The number of pyridine rings is 2. The molecule has 3 heterocycles. The second-order valence-corrected chi connectivity index (χ2v) is 6.60. The van der Waals surface area contributed by atoms with Gasteiger partial charge in [0.15, 0.2) is 0 Å². The lowest BCUT2D eigenvalue weighted by atomic mass is 10.1. The van der Waals surface area contributed by atoms with Crippen molar-refractivity contribution in [2.45, 2.75) is 26.4 Å². The fraction of sp³-hybridized carbons (Fsp3) is 0.300. The van der Waals surface area contributed by atoms with Crippen molar-refractivity contribution in [3.63, 3.8) is 0 Å². The Bertz CT molecular complexity index is 842. The lowest BCUT2D eigenvalue weighted by Crippen LogP contribution is -2.30. The summed E-state index contributed by atoms with van der Waals surface area (Å²) < 4.78 is 0. The maximum atomic E-state index is 9.61. The lowest BCUT2D eigenvalue weighted by Gasteiger charge is -2.20. The van der Waals surface area contributed by atoms with Gasteiger partial charge in [-0.3, -0.25) is 9.97 Å². The maximum Gasteiger partial charge on any atom is 0.225 e. The van der Waals surface area contributed by atoms with Crippen molar-refractivity contribution in [1.29, 1.82) is 0 Å². The molecule has 0 saturated heterocycles. The molecule has 0 amide bonds. The number of aliphatic hydroxyl groups excluding tert-OH is 1. The molecular formula is C20H24N6O. The van der Waals surface area contributed by atoms with Crippen LogP contribution in [-0.2, 0) is 6.54 Å². The summed E-state index contributed by atoms with van der Waals surface area (Å²) in [4.78, 5) is 17.5. The molecule has 1 atom stereocenters. The van der Waals surface area contributed by atoms with Crippen LogP contribution in [0.15, 0.2) is 55.1 Å². The van der Waals surface area contributed by atoms with Gasteiger partial charge in [-0.15, -0.1) is 0 Å². The summed E-state index contributed by atoms with van der Waals surface area (Å²) in [7, 11) is 0. The van der Waals surface area contributed by atoms with Crippen LogP contribution in [0.2, 0.25) is 0 Å². The second-order valence-electron chi connectivity index (χ2n) is 6.60. The van der Waals surface area contributed by atoms with Crippen LogP contribution in [0, 0.1) is 5.92 Å². The van der Waals surface area contributed by atoms with Gasteiger partial charge in [0, 0.05) is 43.0 Å². The minimum Gasteiger partial charge on any atom is -0.394 e. The van der Waals surface area contributed by atoms with Gasteiger partial charge in [-0.1, -0.05) is 19.9 Å². The van der Waals surface area contributed by atoms with E-state index in [1.165, 1.54) is 0 Å². The molecule has 3 N–H and O–H groups in total. The summed E-state index contributed by atoms with van der Waals surface area (Å²) in [6, 6.07) is 9.50. The Balaban J connectivity index is 1.88. The van der Waals surface area contributed by atoms with Gasteiger partial charge >= 0.3 is 0 Å². The molecule has 3 aromatic heterocycles. The molecule has 0 bridgehead atoms. The molecule has 3 rings (SSSR count). The van der Waals surface area contributed by atoms with Gasteiger partial charge in [-0.25, -0.2) is 4.98 Å². The zero-order valence-electron chi connectivity index (χ0n) is 15.5. The molecule has 140 valence electrons. The Morgan fingerprint density at radius 1 is 1.04 bits per heavy atom. The standard InChI is InChI=1S/C20H24N6O/c1-14(2)18(13-27)25-20-24-17(16-6-4-8-22-12-16)9-19(26-20)23-11-15-5-3-7-21-10-15/h3-10,12,14,18,27H,11,13H2,1-2H3,(H2,23,24,25,26)/t18-/m0/s1. The van der Waals surface area contributed by atoms with Crippen LogP contribution < -0.4 is 10.6 Å². The van der Waals surface area contributed by atoms with Crippen molar-refractivity contribution in [2.24, 2.45) is 5.92 Å². The van der Waals surface area contributed by atoms with Crippen LogP contribution in [0.5, 0.6) is 0 Å². The minimum atomic E-state index is -0.125. The Morgan fingerprint density at radius 3 is 2.44 bits per heavy atom. The zero-order valence-corrected chi connectivity index (χ0v) is 15.5. The first kappa shape index (κ1) is 18.7. The highest BCUT2D eigenvalue weighted by Crippen LogP contribution is 2.22. The minimum absolute atomic E-state index is 0.0105. The van der Waals surface area contributed by atoms with Crippen molar-refractivity contribution in [3.8, 4) is 11.3 Å². The molecule has 0 radical (unpaired) electrons. The Morgan fingerprint density at radius 2 is 1.81 bits per heavy atom. The first-order valence-corrected chi connectivity index (χ1v) is 8.95. The van der Waals surface area contributed by atoms with E-state index < -0.39 is 0 Å². The third-order valence-electron chi connectivity index (χ3n) is 4.20. The predicted octanol–water partition coefficient (Wildman–Crippen LogP) is 2.97. The van der Waals surface area contributed by atoms with Crippen LogP contribution in [0.4, 0.5) is 11.8 Å². The zero-order chi connectivity index (χ0) is 19.1. The van der Waals surface area contributed by atoms with Crippen molar-refractivity contribution in [1.82, 2.24) is 19.9 Å². The average Bonchev–Trinajstić information content (AvgIpc) is 2.71. The number of aromatic nitrogens is 4. The normalized spacial score (nSPS) is 12.0.